The molecule has 0 spiro atoms. The summed E-state index contributed by atoms with van der Waals surface area (Å²) in [5.74, 6) is 0.433. The van der Waals surface area contributed by atoms with Crippen LogP contribution in [0, 0.1) is 6.92 Å². The first-order chi connectivity index (χ1) is 10.8. The van der Waals surface area contributed by atoms with Gasteiger partial charge >= 0.3 is 0 Å². The number of hydrogen-bond acceptors (Lipinski definition) is 1. The summed E-state index contributed by atoms with van der Waals surface area (Å²) in [5, 5.41) is 2.16. The lowest BCUT2D eigenvalue weighted by atomic mass is 9.96. The van der Waals surface area contributed by atoms with E-state index in [0.29, 0.717) is 5.92 Å². The second-order valence-corrected chi connectivity index (χ2v) is 6.56. The first kappa shape index (κ1) is 14.8. The fraction of sp³-hybridized carbons (Fsp3) is 0.143. The lowest BCUT2D eigenvalue weighted by molar-refractivity contribution is 0.857. The minimum atomic E-state index is 0.433. The maximum absolute atomic E-state index is 2.34. The van der Waals surface area contributed by atoms with E-state index >= 15 is 0 Å². The highest BCUT2D eigenvalue weighted by Gasteiger charge is 2.10. The third kappa shape index (κ3) is 3.96. The van der Waals surface area contributed by atoms with Crippen molar-refractivity contribution in [1.82, 2.24) is 0 Å². The van der Waals surface area contributed by atoms with Crippen molar-refractivity contribution in [3.8, 4) is 0 Å². The predicted molar refractivity (Wildman–Crippen MR) is 97.4 cm³/mol. The van der Waals surface area contributed by atoms with Crippen molar-refractivity contribution in [2.24, 2.45) is 0 Å². The average Bonchev–Trinajstić information content (AvgIpc) is 3.07. The molecule has 0 aliphatic rings. The van der Waals surface area contributed by atoms with Crippen molar-refractivity contribution < 1.29 is 0 Å². The van der Waals surface area contributed by atoms with Crippen molar-refractivity contribution in [3.63, 3.8) is 0 Å². The summed E-state index contributed by atoms with van der Waals surface area (Å²) in [5.41, 5.74) is 3.96. The predicted octanol–water partition coefficient (Wildman–Crippen LogP) is 6.10. The van der Waals surface area contributed by atoms with Gasteiger partial charge in [-0.3, -0.25) is 0 Å². The first-order valence-electron chi connectivity index (χ1n) is 7.63. The summed E-state index contributed by atoms with van der Waals surface area (Å²) >= 11 is 1.84. The van der Waals surface area contributed by atoms with Crippen LogP contribution < -0.4 is 0 Å². The second-order valence-electron chi connectivity index (χ2n) is 5.58. The van der Waals surface area contributed by atoms with Gasteiger partial charge in [0.05, 0.1) is 0 Å². The number of allylic oxidation sites excluding steroid dienone is 1. The summed E-state index contributed by atoms with van der Waals surface area (Å²) in [6.45, 7) is 2.14. The minimum absolute atomic E-state index is 0.433. The number of benzene rings is 2. The van der Waals surface area contributed by atoms with Crippen LogP contribution >= 0.6 is 11.3 Å². The van der Waals surface area contributed by atoms with Crippen LogP contribution in [0.25, 0.3) is 6.08 Å². The normalized spacial score (nSPS) is 12.6. The van der Waals surface area contributed by atoms with E-state index in [1.54, 1.807) is 0 Å². The van der Waals surface area contributed by atoms with Crippen molar-refractivity contribution in [2.75, 3.05) is 0 Å². The van der Waals surface area contributed by atoms with Gasteiger partial charge in [-0.25, -0.2) is 0 Å². The molecule has 110 valence electrons. The van der Waals surface area contributed by atoms with Crippen molar-refractivity contribution in [3.05, 3.63) is 99.8 Å². The van der Waals surface area contributed by atoms with Gasteiger partial charge in [-0.05, 0) is 35.9 Å². The molecule has 0 amide bonds. The fourth-order valence-corrected chi connectivity index (χ4v) is 3.44. The second kappa shape index (κ2) is 7.24. The van der Waals surface area contributed by atoms with Crippen LogP contribution in [0.1, 0.15) is 27.5 Å². The molecule has 0 bridgehead atoms. The number of thiophene rings is 1. The summed E-state index contributed by atoms with van der Waals surface area (Å²) in [6, 6.07) is 23.7. The van der Waals surface area contributed by atoms with Gasteiger partial charge in [0, 0.05) is 10.8 Å². The molecular formula is C21H20S. The van der Waals surface area contributed by atoms with Crippen LogP contribution in [0.2, 0.25) is 0 Å². The standard InChI is InChI=1S/C21H20S/c1-17-7-5-10-19(15-17)12-13-20(21-11-6-14-22-21)16-18-8-3-2-4-9-18/h2-15,20H,16H2,1H3. The molecular weight excluding hydrogens is 284 g/mol. The summed E-state index contributed by atoms with van der Waals surface area (Å²) in [7, 11) is 0. The first-order valence-corrected chi connectivity index (χ1v) is 8.51. The Labute approximate surface area is 136 Å². The average molecular weight is 304 g/mol. The summed E-state index contributed by atoms with van der Waals surface area (Å²) in [6.07, 6.45) is 5.64. The lowest BCUT2D eigenvalue weighted by Gasteiger charge is -2.11. The third-order valence-corrected chi connectivity index (χ3v) is 4.77. The highest BCUT2D eigenvalue weighted by molar-refractivity contribution is 7.10. The van der Waals surface area contributed by atoms with Gasteiger partial charge in [0.15, 0.2) is 0 Å². The largest absolute Gasteiger partial charge is 0.148 e. The van der Waals surface area contributed by atoms with Gasteiger partial charge in [0.2, 0.25) is 0 Å². The van der Waals surface area contributed by atoms with Gasteiger partial charge in [-0.15, -0.1) is 11.3 Å². The highest BCUT2D eigenvalue weighted by Crippen LogP contribution is 2.27. The molecule has 0 aliphatic carbocycles. The van der Waals surface area contributed by atoms with Gasteiger partial charge in [0.25, 0.3) is 0 Å². The monoisotopic (exact) mass is 304 g/mol. The number of aryl methyl sites for hydroxylation is 1. The molecule has 1 heterocycles. The number of rotatable bonds is 5. The molecule has 3 rings (SSSR count). The Hall–Kier alpha value is -2.12. The lowest BCUT2D eigenvalue weighted by Crippen LogP contribution is -1.97. The summed E-state index contributed by atoms with van der Waals surface area (Å²) < 4.78 is 0. The zero-order valence-electron chi connectivity index (χ0n) is 12.8. The molecule has 0 nitrogen and oxygen atoms in total. The molecule has 0 saturated carbocycles. The zero-order chi connectivity index (χ0) is 15.2. The van der Waals surface area contributed by atoms with Crippen molar-refractivity contribution >= 4 is 17.4 Å². The fourth-order valence-electron chi connectivity index (χ4n) is 2.63. The third-order valence-electron chi connectivity index (χ3n) is 3.77. The molecule has 1 unspecified atom stereocenters. The van der Waals surface area contributed by atoms with Gasteiger partial charge in [-0.2, -0.15) is 0 Å². The molecule has 1 aromatic heterocycles. The van der Waals surface area contributed by atoms with Crippen molar-refractivity contribution in [1.29, 1.82) is 0 Å². The Morgan fingerprint density at radius 1 is 0.955 bits per heavy atom. The maximum Gasteiger partial charge on any atom is 0.0156 e. The SMILES string of the molecule is Cc1cccc(C=CC(Cc2ccccc2)c2cccs2)c1. The van der Waals surface area contributed by atoms with Gasteiger partial charge < -0.3 is 0 Å². The molecule has 1 atom stereocenters. The summed E-state index contributed by atoms with van der Waals surface area (Å²) in [4.78, 5) is 1.42. The van der Waals surface area contributed by atoms with Gasteiger partial charge in [0.1, 0.15) is 0 Å². The molecule has 2 aromatic carbocycles. The van der Waals surface area contributed by atoms with Gasteiger partial charge in [-0.1, -0.05) is 78.4 Å². The molecule has 0 radical (unpaired) electrons. The molecule has 0 fully saturated rings. The maximum atomic E-state index is 2.34. The quantitative estimate of drug-likeness (QED) is 0.534. The Morgan fingerprint density at radius 3 is 2.55 bits per heavy atom. The Kier molecular flexibility index (Phi) is 4.87. The van der Waals surface area contributed by atoms with Crippen LogP contribution in [0.15, 0.2) is 78.2 Å². The van der Waals surface area contributed by atoms with E-state index in [4.69, 9.17) is 0 Å². The topological polar surface area (TPSA) is 0 Å². The number of hydrogen-bond donors (Lipinski definition) is 0. The van der Waals surface area contributed by atoms with E-state index in [1.807, 2.05) is 11.3 Å². The molecule has 0 saturated heterocycles. The van der Waals surface area contributed by atoms with E-state index in [2.05, 4.69) is 91.2 Å². The van der Waals surface area contributed by atoms with Crippen LogP contribution in [0.4, 0.5) is 0 Å². The van der Waals surface area contributed by atoms with Crippen molar-refractivity contribution in [2.45, 2.75) is 19.3 Å². The molecule has 0 N–H and O–H groups in total. The van der Waals surface area contributed by atoms with E-state index in [1.165, 1.54) is 21.6 Å². The smallest absolute Gasteiger partial charge is 0.0156 e. The Balaban J connectivity index is 1.83. The van der Waals surface area contributed by atoms with Crippen LogP contribution in [-0.2, 0) is 6.42 Å². The molecule has 3 aromatic rings. The Bertz CT molecular complexity index is 724. The Morgan fingerprint density at radius 2 is 1.82 bits per heavy atom. The van der Waals surface area contributed by atoms with E-state index in [0.717, 1.165) is 6.42 Å². The van der Waals surface area contributed by atoms with Crippen LogP contribution in [0.3, 0.4) is 0 Å². The van der Waals surface area contributed by atoms with E-state index < -0.39 is 0 Å². The van der Waals surface area contributed by atoms with Crippen LogP contribution in [-0.4, -0.2) is 0 Å². The molecule has 22 heavy (non-hydrogen) atoms. The van der Waals surface area contributed by atoms with E-state index in [9.17, 15) is 0 Å². The minimum Gasteiger partial charge on any atom is -0.148 e. The van der Waals surface area contributed by atoms with E-state index in [-0.39, 0.29) is 0 Å². The molecule has 1 heteroatoms. The molecule has 0 aliphatic heterocycles. The van der Waals surface area contributed by atoms with Crippen LogP contribution in [0.5, 0.6) is 0 Å². The zero-order valence-corrected chi connectivity index (χ0v) is 13.6. The highest BCUT2D eigenvalue weighted by atomic mass is 32.1.